The Labute approximate surface area is 162 Å². The van der Waals surface area contributed by atoms with Crippen molar-refractivity contribution < 1.29 is 28.7 Å². The van der Waals surface area contributed by atoms with Crippen molar-refractivity contribution in [3.05, 3.63) is 63.2 Å². The minimum Gasteiger partial charge on any atom is -0.493 e. The number of aryl methyl sites for hydroxylation is 1. The van der Waals surface area contributed by atoms with Gasteiger partial charge in [0.25, 0.3) is 5.69 Å². The summed E-state index contributed by atoms with van der Waals surface area (Å²) >= 11 is 0. The maximum atomic E-state index is 12.5. The number of esters is 1. The van der Waals surface area contributed by atoms with Gasteiger partial charge in [-0.1, -0.05) is 31.2 Å². The van der Waals surface area contributed by atoms with Crippen LogP contribution in [0.5, 0.6) is 11.5 Å². The lowest BCUT2D eigenvalue weighted by molar-refractivity contribution is -0.385. The SMILES string of the molecule is CCc1ccc(C(=O)[C@@H](C)OC(=O)c2cc(OC)c(OC)cc2[N+](=O)[O-])cc1. The normalized spacial score (nSPS) is 11.4. The Hall–Kier alpha value is -3.42. The first-order chi connectivity index (χ1) is 13.3. The molecule has 0 fully saturated rings. The Balaban J connectivity index is 2.27. The van der Waals surface area contributed by atoms with Crippen LogP contribution in [0.1, 0.15) is 40.1 Å². The minimum absolute atomic E-state index is 0.103. The van der Waals surface area contributed by atoms with E-state index in [1.54, 1.807) is 12.1 Å². The number of hydrogen-bond donors (Lipinski definition) is 0. The van der Waals surface area contributed by atoms with Crippen LogP contribution in [0.2, 0.25) is 0 Å². The summed E-state index contributed by atoms with van der Waals surface area (Å²) < 4.78 is 15.3. The standard InChI is InChI=1S/C20H21NO7/c1-5-13-6-8-14(9-7-13)19(22)12(2)28-20(23)15-10-17(26-3)18(27-4)11-16(15)21(24)25/h6-12H,5H2,1-4H3/t12-/m1/s1. The quantitative estimate of drug-likeness (QED) is 0.295. The molecule has 1 atom stereocenters. The Morgan fingerprint density at radius 3 is 2.14 bits per heavy atom. The zero-order chi connectivity index (χ0) is 20.8. The fraction of sp³-hybridized carbons (Fsp3) is 0.300. The summed E-state index contributed by atoms with van der Waals surface area (Å²) in [5.41, 5.74) is 0.625. The zero-order valence-electron chi connectivity index (χ0n) is 16.1. The van der Waals surface area contributed by atoms with Gasteiger partial charge in [0.05, 0.1) is 25.2 Å². The highest BCUT2D eigenvalue weighted by Crippen LogP contribution is 2.35. The summed E-state index contributed by atoms with van der Waals surface area (Å²) in [6.07, 6.45) is -0.283. The monoisotopic (exact) mass is 387 g/mol. The molecular formula is C20H21NO7. The molecule has 148 valence electrons. The molecule has 8 heteroatoms. The number of Topliss-reactive ketones (excluding diaryl/α,β-unsaturated/α-hetero) is 1. The molecule has 2 aromatic rings. The van der Waals surface area contributed by atoms with Crippen molar-refractivity contribution in [3.8, 4) is 11.5 Å². The topological polar surface area (TPSA) is 105 Å². The number of benzene rings is 2. The molecule has 0 aliphatic rings. The lowest BCUT2D eigenvalue weighted by Crippen LogP contribution is -2.25. The van der Waals surface area contributed by atoms with Gasteiger partial charge in [0.1, 0.15) is 5.56 Å². The first kappa shape index (κ1) is 20.9. The number of rotatable bonds is 8. The highest BCUT2D eigenvalue weighted by molar-refractivity contribution is 6.02. The summed E-state index contributed by atoms with van der Waals surface area (Å²) in [4.78, 5) is 35.6. The van der Waals surface area contributed by atoms with Gasteiger partial charge in [0.15, 0.2) is 17.6 Å². The molecule has 0 N–H and O–H groups in total. The first-order valence-electron chi connectivity index (χ1n) is 8.56. The molecule has 0 bridgehead atoms. The largest absolute Gasteiger partial charge is 0.493 e. The third kappa shape index (κ3) is 4.46. The molecule has 28 heavy (non-hydrogen) atoms. The van der Waals surface area contributed by atoms with Crippen molar-refractivity contribution in [2.24, 2.45) is 0 Å². The molecule has 0 saturated heterocycles. The maximum Gasteiger partial charge on any atom is 0.346 e. The van der Waals surface area contributed by atoms with Gasteiger partial charge >= 0.3 is 5.97 Å². The third-order valence-electron chi connectivity index (χ3n) is 4.22. The number of nitro groups is 1. The van der Waals surface area contributed by atoms with Crippen molar-refractivity contribution in [1.82, 2.24) is 0 Å². The van der Waals surface area contributed by atoms with Gasteiger partial charge in [-0.25, -0.2) is 4.79 Å². The van der Waals surface area contributed by atoms with Crippen LogP contribution in [0.4, 0.5) is 5.69 Å². The van der Waals surface area contributed by atoms with Crippen LogP contribution in [0.3, 0.4) is 0 Å². The molecule has 0 unspecified atom stereocenters. The fourth-order valence-corrected chi connectivity index (χ4v) is 2.60. The molecule has 8 nitrogen and oxygen atoms in total. The molecule has 0 amide bonds. The van der Waals surface area contributed by atoms with E-state index in [0.717, 1.165) is 24.1 Å². The molecule has 0 aliphatic heterocycles. The maximum absolute atomic E-state index is 12.5. The zero-order valence-corrected chi connectivity index (χ0v) is 16.1. The van der Waals surface area contributed by atoms with E-state index in [1.807, 2.05) is 19.1 Å². The lowest BCUT2D eigenvalue weighted by atomic mass is 10.0. The summed E-state index contributed by atoms with van der Waals surface area (Å²) in [6, 6.07) is 9.19. The minimum atomic E-state index is -1.12. The molecule has 2 aromatic carbocycles. The summed E-state index contributed by atoms with van der Waals surface area (Å²) in [5.74, 6) is -1.17. The van der Waals surface area contributed by atoms with E-state index in [9.17, 15) is 19.7 Å². The smallest absolute Gasteiger partial charge is 0.346 e. The Morgan fingerprint density at radius 1 is 1.07 bits per heavy atom. The number of hydrogen-bond acceptors (Lipinski definition) is 7. The van der Waals surface area contributed by atoms with Crippen molar-refractivity contribution >= 4 is 17.4 Å². The number of ether oxygens (including phenoxy) is 3. The van der Waals surface area contributed by atoms with Crippen molar-refractivity contribution in [2.75, 3.05) is 14.2 Å². The van der Waals surface area contributed by atoms with Crippen molar-refractivity contribution in [2.45, 2.75) is 26.4 Å². The summed E-state index contributed by atoms with van der Waals surface area (Å²) in [7, 11) is 2.66. The second kappa shape index (κ2) is 8.98. The van der Waals surface area contributed by atoms with Gasteiger partial charge in [-0.15, -0.1) is 0 Å². The van der Waals surface area contributed by atoms with Crippen LogP contribution in [0.25, 0.3) is 0 Å². The van der Waals surface area contributed by atoms with Gasteiger partial charge < -0.3 is 14.2 Å². The molecule has 2 rings (SSSR count). The first-order valence-corrected chi connectivity index (χ1v) is 8.56. The predicted octanol–water partition coefficient (Wildman–Crippen LogP) is 3.60. The lowest BCUT2D eigenvalue weighted by Gasteiger charge is -2.14. The van der Waals surface area contributed by atoms with Gasteiger partial charge in [-0.2, -0.15) is 0 Å². The molecule has 0 aromatic heterocycles. The average Bonchev–Trinajstić information content (AvgIpc) is 2.71. The Morgan fingerprint density at radius 2 is 1.64 bits per heavy atom. The number of carbonyl (C=O) groups excluding carboxylic acids is 2. The molecular weight excluding hydrogens is 366 g/mol. The van der Waals surface area contributed by atoms with Crippen molar-refractivity contribution in [3.63, 3.8) is 0 Å². The van der Waals surface area contributed by atoms with Gasteiger partial charge in [0, 0.05) is 11.6 Å². The number of nitro benzene ring substituents is 1. The highest BCUT2D eigenvalue weighted by atomic mass is 16.6. The van der Waals surface area contributed by atoms with Crippen LogP contribution < -0.4 is 9.47 Å². The second-order valence-electron chi connectivity index (χ2n) is 5.94. The van der Waals surface area contributed by atoms with E-state index in [1.165, 1.54) is 21.1 Å². The summed E-state index contributed by atoms with van der Waals surface area (Å²) in [5, 5.41) is 11.3. The van der Waals surface area contributed by atoms with Crippen LogP contribution >= 0.6 is 0 Å². The van der Waals surface area contributed by atoms with E-state index in [-0.39, 0.29) is 17.1 Å². The van der Waals surface area contributed by atoms with E-state index in [0.29, 0.717) is 5.56 Å². The average molecular weight is 387 g/mol. The summed E-state index contributed by atoms with van der Waals surface area (Å²) in [6.45, 7) is 3.41. The van der Waals surface area contributed by atoms with E-state index in [2.05, 4.69) is 0 Å². The van der Waals surface area contributed by atoms with Crippen LogP contribution in [-0.2, 0) is 11.2 Å². The molecule has 0 radical (unpaired) electrons. The molecule has 0 heterocycles. The molecule has 0 aliphatic carbocycles. The molecule has 0 spiro atoms. The Bertz CT molecular complexity index is 890. The number of nitrogens with zero attached hydrogens (tertiary/aromatic N) is 1. The van der Waals surface area contributed by atoms with E-state index < -0.39 is 28.5 Å². The highest BCUT2D eigenvalue weighted by Gasteiger charge is 2.28. The van der Waals surface area contributed by atoms with Gasteiger partial charge in [-0.3, -0.25) is 14.9 Å². The number of methoxy groups -OCH3 is 2. The van der Waals surface area contributed by atoms with Gasteiger partial charge in [0.2, 0.25) is 5.78 Å². The predicted molar refractivity (Wildman–Crippen MR) is 101 cm³/mol. The van der Waals surface area contributed by atoms with Crippen LogP contribution in [0, 0.1) is 10.1 Å². The fourth-order valence-electron chi connectivity index (χ4n) is 2.60. The van der Waals surface area contributed by atoms with Crippen LogP contribution in [-0.4, -0.2) is 37.0 Å². The van der Waals surface area contributed by atoms with Crippen LogP contribution in [0.15, 0.2) is 36.4 Å². The number of ketones is 1. The third-order valence-corrected chi connectivity index (χ3v) is 4.22. The van der Waals surface area contributed by atoms with Gasteiger partial charge in [-0.05, 0) is 18.9 Å². The second-order valence-corrected chi connectivity index (χ2v) is 5.94. The van der Waals surface area contributed by atoms with E-state index in [4.69, 9.17) is 14.2 Å². The number of carbonyl (C=O) groups is 2. The Kier molecular flexibility index (Phi) is 6.70. The van der Waals surface area contributed by atoms with E-state index >= 15 is 0 Å². The van der Waals surface area contributed by atoms with Crippen molar-refractivity contribution in [1.29, 1.82) is 0 Å². The molecule has 0 saturated carbocycles.